The van der Waals surface area contributed by atoms with Gasteiger partial charge in [0.25, 0.3) is 6.43 Å². The number of benzene rings is 1. The summed E-state index contributed by atoms with van der Waals surface area (Å²) in [6.07, 6.45) is -12.6. The van der Waals surface area contributed by atoms with Gasteiger partial charge in [0.1, 0.15) is 5.69 Å². The van der Waals surface area contributed by atoms with Gasteiger partial charge in [0.15, 0.2) is 11.4 Å². The molecule has 1 heterocycles. The molecule has 1 amide bonds. The Morgan fingerprint density at radius 3 is 2.38 bits per heavy atom. The molecule has 0 radical (unpaired) electrons. The van der Waals surface area contributed by atoms with E-state index in [0.717, 1.165) is 25.2 Å². The SMILES string of the molecule is Cn1nc(C(F)F)c(N(C=O)c2ccccc2OC(F)(F)C(F)F)c1F. The molecule has 0 N–H and O–H groups in total. The van der Waals surface area contributed by atoms with E-state index in [2.05, 4.69) is 9.84 Å². The summed E-state index contributed by atoms with van der Waals surface area (Å²) in [5.74, 6) is -2.32. The van der Waals surface area contributed by atoms with Gasteiger partial charge in [0, 0.05) is 7.05 Å². The predicted molar refractivity (Wildman–Crippen MR) is 74.3 cm³/mol. The Bertz CT molecular complexity index is 795. The van der Waals surface area contributed by atoms with Crippen LogP contribution in [0, 0.1) is 5.95 Å². The van der Waals surface area contributed by atoms with Gasteiger partial charge >= 0.3 is 12.5 Å². The number of para-hydroxylation sites is 2. The molecule has 0 saturated carbocycles. The molecule has 0 unspecified atom stereocenters. The van der Waals surface area contributed by atoms with E-state index in [1.165, 1.54) is 6.07 Å². The summed E-state index contributed by atoms with van der Waals surface area (Å²) in [7, 11) is 0.973. The van der Waals surface area contributed by atoms with Crippen LogP contribution >= 0.6 is 0 Å². The van der Waals surface area contributed by atoms with Crippen molar-refractivity contribution >= 4 is 17.8 Å². The van der Waals surface area contributed by atoms with Crippen molar-refractivity contribution in [2.24, 2.45) is 7.05 Å². The van der Waals surface area contributed by atoms with Gasteiger partial charge in [0.2, 0.25) is 12.4 Å². The van der Waals surface area contributed by atoms with Crippen molar-refractivity contribution in [2.75, 3.05) is 4.90 Å². The lowest BCUT2D eigenvalue weighted by Gasteiger charge is -2.23. The Labute approximate surface area is 141 Å². The quantitative estimate of drug-likeness (QED) is 0.534. The second kappa shape index (κ2) is 7.22. The average molecular weight is 385 g/mol. The number of amides is 1. The Morgan fingerprint density at radius 1 is 1.23 bits per heavy atom. The van der Waals surface area contributed by atoms with Crippen molar-refractivity contribution in [1.29, 1.82) is 0 Å². The summed E-state index contributed by atoms with van der Waals surface area (Å²) in [5, 5.41) is 3.22. The number of hydrogen-bond donors (Lipinski definition) is 0. The molecule has 0 bridgehead atoms. The van der Waals surface area contributed by atoms with Gasteiger partial charge in [-0.05, 0) is 12.1 Å². The number of aryl methyl sites for hydroxylation is 1. The predicted octanol–water partition coefficient (Wildman–Crippen LogP) is 4.03. The summed E-state index contributed by atoms with van der Waals surface area (Å²) >= 11 is 0. The summed E-state index contributed by atoms with van der Waals surface area (Å²) in [6.45, 7) is 0. The molecule has 12 heteroatoms. The molecule has 0 aliphatic carbocycles. The minimum atomic E-state index is -4.93. The Balaban J connectivity index is 2.59. The van der Waals surface area contributed by atoms with E-state index in [4.69, 9.17) is 0 Å². The number of aromatic nitrogens is 2. The first-order valence-electron chi connectivity index (χ1n) is 6.79. The summed E-state index contributed by atoms with van der Waals surface area (Å²) < 4.78 is 95.7. The molecule has 0 aliphatic heterocycles. The second-order valence-corrected chi connectivity index (χ2v) is 4.86. The maximum Gasteiger partial charge on any atom is 0.461 e. The number of halogens is 7. The monoisotopic (exact) mass is 385 g/mol. The van der Waals surface area contributed by atoms with Crippen LogP contribution < -0.4 is 9.64 Å². The van der Waals surface area contributed by atoms with E-state index in [0.29, 0.717) is 4.68 Å². The first-order chi connectivity index (χ1) is 12.1. The van der Waals surface area contributed by atoms with Gasteiger partial charge in [-0.3, -0.25) is 9.69 Å². The fraction of sp³-hybridized carbons (Fsp3) is 0.286. The Hall–Kier alpha value is -2.79. The van der Waals surface area contributed by atoms with Crippen LogP contribution in [0.1, 0.15) is 12.1 Å². The van der Waals surface area contributed by atoms with E-state index >= 15 is 0 Å². The second-order valence-electron chi connectivity index (χ2n) is 4.86. The fourth-order valence-electron chi connectivity index (χ4n) is 2.05. The molecule has 0 saturated heterocycles. The van der Waals surface area contributed by atoms with Gasteiger partial charge in [-0.15, -0.1) is 0 Å². The first-order valence-corrected chi connectivity index (χ1v) is 6.79. The van der Waals surface area contributed by atoms with Crippen molar-refractivity contribution in [3.05, 3.63) is 35.9 Å². The zero-order valence-corrected chi connectivity index (χ0v) is 12.8. The molecule has 2 aromatic rings. The van der Waals surface area contributed by atoms with Crippen LogP contribution in [0.2, 0.25) is 0 Å². The molecule has 0 spiro atoms. The number of carbonyl (C=O) groups excluding carboxylic acids is 1. The molecule has 2 rings (SSSR count). The van der Waals surface area contributed by atoms with Gasteiger partial charge in [0.05, 0.1) is 5.69 Å². The largest absolute Gasteiger partial charge is 0.461 e. The third kappa shape index (κ3) is 3.58. The van der Waals surface area contributed by atoms with Crippen LogP contribution in [0.4, 0.5) is 42.1 Å². The van der Waals surface area contributed by atoms with Gasteiger partial charge < -0.3 is 4.74 Å². The normalized spacial score (nSPS) is 11.9. The summed E-state index contributed by atoms with van der Waals surface area (Å²) in [4.78, 5) is 11.6. The minimum absolute atomic E-state index is 0.158. The van der Waals surface area contributed by atoms with Crippen LogP contribution in [-0.4, -0.2) is 28.7 Å². The van der Waals surface area contributed by atoms with E-state index < -0.39 is 47.7 Å². The van der Waals surface area contributed by atoms with Crippen LogP contribution in [0.5, 0.6) is 5.75 Å². The summed E-state index contributed by atoms with van der Waals surface area (Å²) in [5.41, 5.74) is -2.82. The molecule has 1 aromatic heterocycles. The third-order valence-corrected chi connectivity index (χ3v) is 3.16. The number of hydrogen-bond acceptors (Lipinski definition) is 3. The standard InChI is InChI=1S/C14H10F7N3O2/c1-23-12(17)10(9(22-23)11(15)16)24(6-25)7-4-2-3-5-8(7)26-14(20,21)13(18)19/h2-6,11,13H,1H3. The van der Waals surface area contributed by atoms with E-state index in [1.54, 1.807) is 0 Å². The van der Waals surface area contributed by atoms with E-state index in [9.17, 15) is 35.5 Å². The number of anilines is 2. The lowest BCUT2D eigenvalue weighted by molar-refractivity contribution is -0.253. The highest BCUT2D eigenvalue weighted by Gasteiger charge is 2.44. The number of rotatable bonds is 7. The number of ether oxygens (including phenoxy) is 1. The molecule has 26 heavy (non-hydrogen) atoms. The molecule has 0 atom stereocenters. The molecule has 1 aromatic carbocycles. The van der Waals surface area contributed by atoms with Gasteiger partial charge in [-0.1, -0.05) is 12.1 Å². The third-order valence-electron chi connectivity index (χ3n) is 3.16. The summed E-state index contributed by atoms with van der Waals surface area (Å²) in [6, 6.07) is 4.00. The maximum absolute atomic E-state index is 14.2. The number of nitrogens with zero attached hydrogens (tertiary/aromatic N) is 3. The van der Waals surface area contributed by atoms with Gasteiger partial charge in [-0.2, -0.15) is 27.1 Å². The van der Waals surface area contributed by atoms with Crippen LogP contribution in [0.15, 0.2) is 24.3 Å². The minimum Gasteiger partial charge on any atom is -0.426 e. The fourth-order valence-corrected chi connectivity index (χ4v) is 2.05. The van der Waals surface area contributed by atoms with Crippen molar-refractivity contribution < 1.29 is 40.3 Å². The molecular formula is C14H10F7N3O2. The average Bonchev–Trinajstić information content (AvgIpc) is 2.86. The Morgan fingerprint density at radius 2 is 1.85 bits per heavy atom. The van der Waals surface area contributed by atoms with E-state index in [-0.39, 0.29) is 11.3 Å². The first kappa shape index (κ1) is 19.5. The highest BCUT2D eigenvalue weighted by atomic mass is 19.3. The molecule has 0 aliphatic rings. The van der Waals surface area contributed by atoms with E-state index in [1.807, 2.05) is 0 Å². The number of carbonyl (C=O) groups is 1. The maximum atomic E-state index is 14.2. The highest BCUT2D eigenvalue weighted by molar-refractivity contribution is 5.89. The van der Waals surface area contributed by atoms with Crippen LogP contribution in [0.25, 0.3) is 0 Å². The number of alkyl halides is 6. The van der Waals surface area contributed by atoms with Crippen molar-refractivity contribution in [2.45, 2.75) is 19.0 Å². The Kier molecular flexibility index (Phi) is 5.42. The van der Waals surface area contributed by atoms with Crippen molar-refractivity contribution in [3.63, 3.8) is 0 Å². The van der Waals surface area contributed by atoms with Crippen molar-refractivity contribution in [1.82, 2.24) is 9.78 Å². The van der Waals surface area contributed by atoms with Crippen LogP contribution in [-0.2, 0) is 11.8 Å². The lowest BCUT2D eigenvalue weighted by atomic mass is 10.2. The highest BCUT2D eigenvalue weighted by Crippen LogP contribution is 2.40. The molecule has 142 valence electrons. The molecule has 0 fully saturated rings. The lowest BCUT2D eigenvalue weighted by Crippen LogP contribution is -2.34. The van der Waals surface area contributed by atoms with Crippen LogP contribution in [0.3, 0.4) is 0 Å². The molecule has 5 nitrogen and oxygen atoms in total. The zero-order chi connectivity index (χ0) is 19.6. The molecular weight excluding hydrogens is 375 g/mol. The van der Waals surface area contributed by atoms with Crippen molar-refractivity contribution in [3.8, 4) is 5.75 Å². The zero-order valence-electron chi connectivity index (χ0n) is 12.8. The smallest absolute Gasteiger partial charge is 0.426 e. The van der Waals surface area contributed by atoms with Gasteiger partial charge in [-0.25, -0.2) is 13.5 Å². The topological polar surface area (TPSA) is 47.4 Å².